The van der Waals surface area contributed by atoms with Crippen LogP contribution in [0.4, 0.5) is 0 Å². The second-order valence-corrected chi connectivity index (χ2v) is 5.24. The van der Waals surface area contributed by atoms with Crippen LogP contribution in [0, 0.1) is 0 Å². The lowest BCUT2D eigenvalue weighted by Gasteiger charge is -2.12. The van der Waals surface area contributed by atoms with E-state index in [-0.39, 0.29) is 0 Å². The number of hydrogen-bond acceptors (Lipinski definition) is 3. The smallest absolute Gasteiger partial charge is 0.191 e. The van der Waals surface area contributed by atoms with Crippen LogP contribution in [-0.2, 0) is 6.54 Å². The normalized spacial score (nSPS) is 11.4. The lowest BCUT2D eigenvalue weighted by Crippen LogP contribution is -2.36. The van der Waals surface area contributed by atoms with Crippen molar-refractivity contribution in [3.05, 3.63) is 42.5 Å². The van der Waals surface area contributed by atoms with Gasteiger partial charge < -0.3 is 20.3 Å². The van der Waals surface area contributed by atoms with Gasteiger partial charge in [-0.15, -0.1) is 6.58 Å². The van der Waals surface area contributed by atoms with Crippen molar-refractivity contribution in [1.82, 2.24) is 15.5 Å². The standard InChI is InChI=1S/C17H28N4O/c1-5-11-19-17(18-2)20-14-15-7-9-16(10-8-15)22-13-6-12-21(3)4/h5,7-10H,1,6,11-14H2,2-4H3,(H2,18,19,20). The van der Waals surface area contributed by atoms with Gasteiger partial charge in [0.15, 0.2) is 5.96 Å². The molecule has 0 aromatic heterocycles. The Balaban J connectivity index is 2.33. The molecule has 5 heteroatoms. The minimum Gasteiger partial charge on any atom is -0.494 e. The van der Waals surface area contributed by atoms with Gasteiger partial charge in [0, 0.05) is 26.7 Å². The predicted molar refractivity (Wildman–Crippen MR) is 93.5 cm³/mol. The molecule has 0 saturated carbocycles. The second kappa shape index (κ2) is 10.7. The fraction of sp³-hybridized carbons (Fsp3) is 0.471. The Labute approximate surface area is 134 Å². The molecule has 0 unspecified atom stereocenters. The SMILES string of the molecule is C=CCNC(=NC)NCc1ccc(OCCCN(C)C)cc1. The van der Waals surface area contributed by atoms with Crippen molar-refractivity contribution in [2.45, 2.75) is 13.0 Å². The summed E-state index contributed by atoms with van der Waals surface area (Å²) in [5, 5.41) is 6.39. The molecule has 0 amide bonds. The van der Waals surface area contributed by atoms with Crippen LogP contribution in [0.2, 0.25) is 0 Å². The quantitative estimate of drug-likeness (QED) is 0.316. The average molecular weight is 304 g/mol. The maximum Gasteiger partial charge on any atom is 0.191 e. The van der Waals surface area contributed by atoms with Gasteiger partial charge in [-0.25, -0.2) is 0 Å². The molecule has 122 valence electrons. The summed E-state index contributed by atoms with van der Waals surface area (Å²) in [5.74, 6) is 1.68. The van der Waals surface area contributed by atoms with E-state index in [1.165, 1.54) is 5.56 Å². The first kappa shape index (κ1) is 18.0. The summed E-state index contributed by atoms with van der Waals surface area (Å²) >= 11 is 0. The molecule has 5 nitrogen and oxygen atoms in total. The molecular formula is C17H28N4O. The largest absolute Gasteiger partial charge is 0.494 e. The van der Waals surface area contributed by atoms with Crippen molar-refractivity contribution in [2.75, 3.05) is 40.8 Å². The zero-order chi connectivity index (χ0) is 16.2. The highest BCUT2D eigenvalue weighted by atomic mass is 16.5. The minimum absolute atomic E-state index is 0.694. The van der Waals surface area contributed by atoms with E-state index in [0.29, 0.717) is 6.54 Å². The Morgan fingerprint density at radius 2 is 2.00 bits per heavy atom. The molecular weight excluding hydrogens is 276 g/mol. The van der Waals surface area contributed by atoms with Gasteiger partial charge in [-0.3, -0.25) is 4.99 Å². The fourth-order valence-corrected chi connectivity index (χ4v) is 1.85. The highest BCUT2D eigenvalue weighted by Gasteiger charge is 1.99. The van der Waals surface area contributed by atoms with E-state index < -0.39 is 0 Å². The molecule has 1 rings (SSSR count). The zero-order valence-electron chi connectivity index (χ0n) is 13.9. The van der Waals surface area contributed by atoms with Crippen molar-refractivity contribution in [1.29, 1.82) is 0 Å². The molecule has 0 fully saturated rings. The van der Waals surface area contributed by atoms with Crippen LogP contribution in [0.5, 0.6) is 5.75 Å². The van der Waals surface area contributed by atoms with Crippen molar-refractivity contribution < 1.29 is 4.74 Å². The van der Waals surface area contributed by atoms with Crippen LogP contribution >= 0.6 is 0 Å². The highest BCUT2D eigenvalue weighted by Crippen LogP contribution is 2.12. The van der Waals surface area contributed by atoms with Gasteiger partial charge in [0.1, 0.15) is 5.75 Å². The molecule has 0 bridgehead atoms. The molecule has 22 heavy (non-hydrogen) atoms. The Kier molecular flexibility index (Phi) is 8.76. The molecule has 0 saturated heterocycles. The first-order valence-electron chi connectivity index (χ1n) is 7.57. The number of benzene rings is 1. The fourth-order valence-electron chi connectivity index (χ4n) is 1.85. The molecule has 0 aliphatic carbocycles. The monoisotopic (exact) mass is 304 g/mol. The van der Waals surface area contributed by atoms with Crippen molar-refractivity contribution >= 4 is 5.96 Å². The molecule has 2 N–H and O–H groups in total. The molecule has 0 atom stereocenters. The number of rotatable bonds is 9. The molecule has 0 aliphatic rings. The number of ether oxygens (including phenoxy) is 1. The number of guanidine groups is 1. The molecule has 0 aliphatic heterocycles. The highest BCUT2D eigenvalue weighted by molar-refractivity contribution is 5.79. The van der Waals surface area contributed by atoms with E-state index in [2.05, 4.69) is 53.3 Å². The first-order chi connectivity index (χ1) is 10.7. The third-order valence-electron chi connectivity index (χ3n) is 3.04. The van der Waals surface area contributed by atoms with Crippen LogP contribution in [0.15, 0.2) is 41.9 Å². The topological polar surface area (TPSA) is 48.9 Å². The third-order valence-corrected chi connectivity index (χ3v) is 3.04. The lowest BCUT2D eigenvalue weighted by atomic mass is 10.2. The van der Waals surface area contributed by atoms with Gasteiger partial charge in [0.25, 0.3) is 0 Å². The zero-order valence-corrected chi connectivity index (χ0v) is 13.9. The van der Waals surface area contributed by atoms with Gasteiger partial charge >= 0.3 is 0 Å². The van der Waals surface area contributed by atoms with E-state index in [1.807, 2.05) is 12.1 Å². The van der Waals surface area contributed by atoms with Crippen molar-refractivity contribution in [3.63, 3.8) is 0 Å². The first-order valence-corrected chi connectivity index (χ1v) is 7.57. The molecule has 0 spiro atoms. The summed E-state index contributed by atoms with van der Waals surface area (Å²) in [6.45, 7) is 6.87. The number of nitrogens with zero attached hydrogens (tertiary/aromatic N) is 2. The van der Waals surface area contributed by atoms with E-state index in [9.17, 15) is 0 Å². The maximum atomic E-state index is 5.72. The molecule has 1 aromatic carbocycles. The summed E-state index contributed by atoms with van der Waals surface area (Å²) in [4.78, 5) is 6.30. The van der Waals surface area contributed by atoms with Gasteiger partial charge in [-0.1, -0.05) is 18.2 Å². The Morgan fingerprint density at radius 3 is 2.59 bits per heavy atom. The van der Waals surface area contributed by atoms with Crippen LogP contribution in [-0.4, -0.2) is 51.7 Å². The van der Waals surface area contributed by atoms with E-state index in [0.717, 1.165) is 37.8 Å². The molecule has 1 aromatic rings. The third kappa shape index (κ3) is 7.69. The summed E-state index contributed by atoms with van der Waals surface area (Å²) in [7, 11) is 5.89. The van der Waals surface area contributed by atoms with Gasteiger partial charge in [0.05, 0.1) is 6.61 Å². The van der Waals surface area contributed by atoms with Crippen LogP contribution in [0.3, 0.4) is 0 Å². The summed E-state index contributed by atoms with van der Waals surface area (Å²) < 4.78 is 5.72. The van der Waals surface area contributed by atoms with Crippen molar-refractivity contribution in [3.8, 4) is 5.75 Å². The Morgan fingerprint density at radius 1 is 1.27 bits per heavy atom. The Bertz CT molecular complexity index is 454. The van der Waals surface area contributed by atoms with E-state index in [4.69, 9.17) is 4.74 Å². The predicted octanol–water partition coefficient (Wildman–Crippen LogP) is 1.87. The maximum absolute atomic E-state index is 5.72. The van der Waals surface area contributed by atoms with Crippen LogP contribution < -0.4 is 15.4 Å². The summed E-state index contributed by atoms with van der Waals surface area (Å²) in [6, 6.07) is 8.14. The number of nitrogens with one attached hydrogen (secondary N) is 2. The average Bonchev–Trinajstić information content (AvgIpc) is 2.53. The molecule has 0 radical (unpaired) electrons. The van der Waals surface area contributed by atoms with E-state index in [1.54, 1.807) is 13.1 Å². The van der Waals surface area contributed by atoms with Gasteiger partial charge in [-0.2, -0.15) is 0 Å². The minimum atomic E-state index is 0.694. The Hall–Kier alpha value is -2.01. The number of hydrogen-bond donors (Lipinski definition) is 2. The van der Waals surface area contributed by atoms with Crippen molar-refractivity contribution in [2.24, 2.45) is 4.99 Å². The van der Waals surface area contributed by atoms with Gasteiger partial charge in [-0.05, 0) is 38.2 Å². The van der Waals surface area contributed by atoms with E-state index >= 15 is 0 Å². The number of aliphatic imine (C=N–C) groups is 1. The second-order valence-electron chi connectivity index (χ2n) is 5.24. The molecule has 0 heterocycles. The van der Waals surface area contributed by atoms with Crippen LogP contribution in [0.1, 0.15) is 12.0 Å². The summed E-state index contributed by atoms with van der Waals surface area (Å²) in [5.41, 5.74) is 1.18. The van der Waals surface area contributed by atoms with Crippen LogP contribution in [0.25, 0.3) is 0 Å². The summed E-state index contributed by atoms with van der Waals surface area (Å²) in [6.07, 6.45) is 2.83. The lowest BCUT2D eigenvalue weighted by molar-refractivity contribution is 0.281. The van der Waals surface area contributed by atoms with Gasteiger partial charge in [0.2, 0.25) is 0 Å².